The van der Waals surface area contributed by atoms with Gasteiger partial charge < -0.3 is 9.73 Å². The highest BCUT2D eigenvalue weighted by atomic mass is 35.5. The lowest BCUT2D eigenvalue weighted by Crippen LogP contribution is -2.41. The van der Waals surface area contributed by atoms with Gasteiger partial charge in [0.2, 0.25) is 5.91 Å². The molecule has 0 atom stereocenters. The number of amides is 2. The lowest BCUT2D eigenvalue weighted by Gasteiger charge is -2.22. The van der Waals surface area contributed by atoms with E-state index in [1.165, 1.54) is 35.7 Å². The van der Waals surface area contributed by atoms with E-state index in [1.807, 2.05) is 18.2 Å². The van der Waals surface area contributed by atoms with Gasteiger partial charge in [-0.3, -0.25) is 14.5 Å². The highest BCUT2D eigenvalue weighted by molar-refractivity contribution is 7.85. The van der Waals surface area contributed by atoms with Crippen LogP contribution < -0.4 is 5.32 Å². The molecule has 1 fully saturated rings. The Balaban J connectivity index is 1.59. The van der Waals surface area contributed by atoms with E-state index in [1.54, 1.807) is 18.2 Å². The summed E-state index contributed by atoms with van der Waals surface area (Å²) in [5, 5.41) is 3.48. The van der Waals surface area contributed by atoms with Crippen LogP contribution >= 0.6 is 36.4 Å². The number of halogens is 1. The molecule has 0 aliphatic heterocycles. The van der Waals surface area contributed by atoms with E-state index in [0.717, 1.165) is 18.4 Å². The first-order valence-electron chi connectivity index (χ1n) is 10.3. The normalized spacial score (nSPS) is 14.8. The number of nitrogens with zero attached hydrogens (tertiary/aromatic N) is 1. The molecule has 5 nitrogen and oxygen atoms in total. The first-order chi connectivity index (χ1) is 15.0. The lowest BCUT2D eigenvalue weighted by atomic mass is 9.89. The zero-order chi connectivity index (χ0) is 22.2. The maximum Gasteiger partial charge on any atom is 0.265 e. The van der Waals surface area contributed by atoms with Crippen LogP contribution in [0.5, 0.6) is 0 Å². The molecular formula is C23H25ClN2O3S2. The van der Waals surface area contributed by atoms with Crippen LogP contribution in [0, 0.1) is 5.92 Å². The van der Waals surface area contributed by atoms with Crippen molar-refractivity contribution >= 4 is 59.8 Å². The molecule has 0 saturated heterocycles. The molecule has 1 saturated carbocycles. The molecule has 1 heterocycles. The SMILES string of the molecule is O=C(CN(C=S)C(=O)/C(S)=C/c1ccc(-c2ccccc2Cl)o1)NCC1CCCCC1. The summed E-state index contributed by atoms with van der Waals surface area (Å²) in [6.07, 6.45) is 7.47. The number of hydrogen-bond acceptors (Lipinski definition) is 5. The molecule has 1 aromatic carbocycles. The summed E-state index contributed by atoms with van der Waals surface area (Å²) in [4.78, 5) is 26.3. The van der Waals surface area contributed by atoms with Crippen molar-refractivity contribution in [3.8, 4) is 11.3 Å². The van der Waals surface area contributed by atoms with Crippen LogP contribution in [0.2, 0.25) is 5.02 Å². The summed E-state index contributed by atoms with van der Waals surface area (Å²) >= 11 is 15.4. The molecule has 0 radical (unpaired) electrons. The fourth-order valence-corrected chi connectivity index (χ4v) is 4.25. The third kappa shape index (κ3) is 6.69. The highest BCUT2D eigenvalue weighted by Gasteiger charge is 2.19. The molecule has 1 aliphatic rings. The minimum absolute atomic E-state index is 0.112. The summed E-state index contributed by atoms with van der Waals surface area (Å²) in [6, 6.07) is 10.8. The lowest BCUT2D eigenvalue weighted by molar-refractivity contribution is -0.129. The van der Waals surface area contributed by atoms with E-state index in [9.17, 15) is 9.59 Å². The van der Waals surface area contributed by atoms with Crippen molar-refractivity contribution in [2.24, 2.45) is 5.92 Å². The van der Waals surface area contributed by atoms with Crippen LogP contribution in [0.25, 0.3) is 17.4 Å². The molecule has 8 heteroatoms. The van der Waals surface area contributed by atoms with Crippen LogP contribution in [0.1, 0.15) is 37.9 Å². The third-order valence-corrected chi connectivity index (χ3v) is 6.18. The second-order valence-electron chi connectivity index (χ2n) is 7.56. The number of thiocarbonyl (C=S) groups is 1. The first-order valence-corrected chi connectivity index (χ1v) is 11.6. The van der Waals surface area contributed by atoms with E-state index in [4.69, 9.17) is 28.2 Å². The van der Waals surface area contributed by atoms with E-state index in [0.29, 0.717) is 29.0 Å². The molecule has 0 unspecified atom stereocenters. The van der Waals surface area contributed by atoms with Gasteiger partial charge in [0.15, 0.2) is 0 Å². The smallest absolute Gasteiger partial charge is 0.265 e. The van der Waals surface area contributed by atoms with Crippen molar-refractivity contribution in [1.29, 1.82) is 0 Å². The van der Waals surface area contributed by atoms with Gasteiger partial charge in [0.25, 0.3) is 5.91 Å². The zero-order valence-corrected chi connectivity index (χ0v) is 19.5. The van der Waals surface area contributed by atoms with E-state index < -0.39 is 5.91 Å². The largest absolute Gasteiger partial charge is 0.457 e. The second-order valence-corrected chi connectivity index (χ2v) is 8.66. The van der Waals surface area contributed by atoms with Crippen LogP contribution in [-0.4, -0.2) is 35.3 Å². The van der Waals surface area contributed by atoms with Gasteiger partial charge in [-0.2, -0.15) is 0 Å². The fourth-order valence-electron chi connectivity index (χ4n) is 3.60. The van der Waals surface area contributed by atoms with Crippen molar-refractivity contribution in [1.82, 2.24) is 10.2 Å². The van der Waals surface area contributed by atoms with Crippen molar-refractivity contribution in [3.05, 3.63) is 52.1 Å². The molecule has 2 amide bonds. The van der Waals surface area contributed by atoms with Gasteiger partial charge >= 0.3 is 0 Å². The van der Waals surface area contributed by atoms with E-state index in [-0.39, 0.29) is 17.4 Å². The molecule has 0 bridgehead atoms. The Morgan fingerprint density at radius 2 is 1.94 bits per heavy atom. The van der Waals surface area contributed by atoms with Crippen molar-refractivity contribution in [2.45, 2.75) is 32.1 Å². The fraction of sp³-hybridized carbons (Fsp3) is 0.348. The first kappa shape index (κ1) is 23.6. The number of hydrogen-bond donors (Lipinski definition) is 2. The molecule has 0 spiro atoms. The summed E-state index contributed by atoms with van der Waals surface area (Å²) < 4.78 is 5.78. The highest BCUT2D eigenvalue weighted by Crippen LogP contribution is 2.30. The second kappa shape index (κ2) is 11.5. The molecule has 164 valence electrons. The quantitative estimate of drug-likeness (QED) is 0.306. The Hall–Kier alpha value is -2.09. The third-order valence-electron chi connectivity index (χ3n) is 5.28. The Labute approximate surface area is 198 Å². The van der Waals surface area contributed by atoms with Gasteiger partial charge in [-0.05, 0) is 49.1 Å². The van der Waals surface area contributed by atoms with Gasteiger partial charge in [-0.1, -0.05) is 55.2 Å². The summed E-state index contributed by atoms with van der Waals surface area (Å²) in [5.74, 6) is 0.835. The minimum Gasteiger partial charge on any atom is -0.457 e. The summed E-state index contributed by atoms with van der Waals surface area (Å²) in [5.41, 5.74) is 1.93. The Morgan fingerprint density at radius 3 is 2.65 bits per heavy atom. The Morgan fingerprint density at radius 1 is 1.19 bits per heavy atom. The summed E-state index contributed by atoms with van der Waals surface area (Å²) in [7, 11) is 0. The number of furan rings is 1. The summed E-state index contributed by atoms with van der Waals surface area (Å²) in [6.45, 7) is 0.495. The van der Waals surface area contributed by atoms with E-state index >= 15 is 0 Å². The molecule has 1 aliphatic carbocycles. The van der Waals surface area contributed by atoms with Crippen molar-refractivity contribution < 1.29 is 14.0 Å². The predicted octanol–water partition coefficient (Wildman–Crippen LogP) is 5.35. The topological polar surface area (TPSA) is 62.6 Å². The molecule has 3 rings (SSSR count). The molecule has 1 aromatic heterocycles. The Kier molecular flexibility index (Phi) is 8.75. The zero-order valence-electron chi connectivity index (χ0n) is 17.1. The Bertz CT molecular complexity index is 967. The number of thiol groups is 1. The maximum absolute atomic E-state index is 12.7. The van der Waals surface area contributed by atoms with Crippen LogP contribution in [0.3, 0.4) is 0 Å². The number of carbonyl (C=O) groups is 2. The number of nitrogens with one attached hydrogen (secondary N) is 1. The van der Waals surface area contributed by atoms with Gasteiger partial charge in [-0.15, -0.1) is 12.6 Å². The average molecular weight is 477 g/mol. The van der Waals surface area contributed by atoms with Gasteiger partial charge in [0, 0.05) is 12.1 Å². The van der Waals surface area contributed by atoms with Crippen molar-refractivity contribution in [3.63, 3.8) is 0 Å². The standard InChI is InChI=1S/C23H25ClN2O3S2/c24-19-9-5-4-8-18(19)20-11-10-17(29-20)12-21(31)23(28)26(15-30)14-22(27)25-13-16-6-2-1-3-7-16/h4-5,8-12,15-16,31H,1-3,6-7,13-14H2,(H,25,27)/b21-12-. The van der Waals surface area contributed by atoms with Gasteiger partial charge in [0.05, 0.1) is 15.4 Å². The minimum atomic E-state index is -0.471. The monoisotopic (exact) mass is 476 g/mol. The average Bonchev–Trinajstić information content (AvgIpc) is 3.24. The molecule has 1 N–H and O–H groups in total. The van der Waals surface area contributed by atoms with Crippen LogP contribution in [0.4, 0.5) is 0 Å². The predicted molar refractivity (Wildman–Crippen MR) is 131 cm³/mol. The van der Waals surface area contributed by atoms with Crippen LogP contribution in [-0.2, 0) is 9.59 Å². The van der Waals surface area contributed by atoms with Gasteiger partial charge in [0.1, 0.15) is 18.1 Å². The maximum atomic E-state index is 12.7. The molecule has 2 aromatic rings. The van der Waals surface area contributed by atoms with E-state index in [2.05, 4.69) is 17.9 Å². The number of rotatable bonds is 8. The number of carbonyl (C=O) groups excluding carboxylic acids is 2. The van der Waals surface area contributed by atoms with Gasteiger partial charge in [-0.25, -0.2) is 0 Å². The molecular weight excluding hydrogens is 452 g/mol. The number of benzene rings is 1. The molecule has 31 heavy (non-hydrogen) atoms. The van der Waals surface area contributed by atoms with Crippen LogP contribution in [0.15, 0.2) is 45.7 Å². The van der Waals surface area contributed by atoms with Crippen molar-refractivity contribution in [2.75, 3.05) is 13.1 Å².